The molecule has 0 bridgehead atoms. The summed E-state index contributed by atoms with van der Waals surface area (Å²) in [6.07, 6.45) is 3.98. The zero-order chi connectivity index (χ0) is 12.5. The molecular weight excluding hydrogens is 213 g/mol. The SMILES string of the molecule is CNC(C1CCC1)C(C)(C)c1ccc(F)cc1. The van der Waals surface area contributed by atoms with Gasteiger partial charge in [0.1, 0.15) is 5.82 Å². The van der Waals surface area contributed by atoms with E-state index in [0.717, 1.165) is 5.92 Å². The van der Waals surface area contributed by atoms with Crippen LogP contribution in [-0.4, -0.2) is 13.1 Å². The predicted octanol–water partition coefficient (Wildman–Crippen LogP) is 3.49. The average molecular weight is 235 g/mol. The molecule has 0 amide bonds. The van der Waals surface area contributed by atoms with Crippen LogP contribution in [0.3, 0.4) is 0 Å². The van der Waals surface area contributed by atoms with Crippen molar-refractivity contribution < 1.29 is 4.39 Å². The van der Waals surface area contributed by atoms with Gasteiger partial charge in [0.05, 0.1) is 0 Å². The topological polar surface area (TPSA) is 12.0 Å². The van der Waals surface area contributed by atoms with Crippen LogP contribution >= 0.6 is 0 Å². The molecule has 2 rings (SSSR count). The summed E-state index contributed by atoms with van der Waals surface area (Å²) in [5, 5.41) is 3.46. The summed E-state index contributed by atoms with van der Waals surface area (Å²) in [5.41, 5.74) is 1.26. The molecule has 1 N–H and O–H groups in total. The second-order valence-electron chi connectivity index (χ2n) is 5.69. The lowest BCUT2D eigenvalue weighted by Gasteiger charge is -2.43. The predicted molar refractivity (Wildman–Crippen MR) is 69.6 cm³/mol. The molecule has 0 aliphatic heterocycles. The van der Waals surface area contributed by atoms with Crippen molar-refractivity contribution in [1.29, 1.82) is 0 Å². The second-order valence-corrected chi connectivity index (χ2v) is 5.69. The molecule has 94 valence electrons. The lowest BCUT2D eigenvalue weighted by molar-refractivity contribution is 0.173. The maximum absolute atomic E-state index is 13.0. The first kappa shape index (κ1) is 12.6. The standard InChI is InChI=1S/C15H22FN/c1-15(2,12-7-9-13(16)10-8-12)14(17-3)11-5-4-6-11/h7-11,14,17H,4-6H2,1-3H3. The summed E-state index contributed by atoms with van der Waals surface area (Å²) in [5.74, 6) is 0.606. The third-order valence-corrected chi connectivity index (χ3v) is 4.30. The van der Waals surface area contributed by atoms with Gasteiger partial charge in [-0.1, -0.05) is 32.4 Å². The van der Waals surface area contributed by atoms with Gasteiger partial charge in [0.15, 0.2) is 0 Å². The van der Waals surface area contributed by atoms with E-state index in [4.69, 9.17) is 0 Å². The van der Waals surface area contributed by atoms with Crippen LogP contribution in [0.5, 0.6) is 0 Å². The van der Waals surface area contributed by atoms with E-state index < -0.39 is 0 Å². The molecule has 17 heavy (non-hydrogen) atoms. The first-order valence-electron chi connectivity index (χ1n) is 6.49. The molecule has 1 atom stereocenters. The van der Waals surface area contributed by atoms with Gasteiger partial charge in [-0.3, -0.25) is 0 Å². The number of hydrogen-bond acceptors (Lipinski definition) is 1. The van der Waals surface area contributed by atoms with Crippen molar-refractivity contribution in [3.63, 3.8) is 0 Å². The minimum absolute atomic E-state index is 0.0491. The van der Waals surface area contributed by atoms with E-state index in [9.17, 15) is 4.39 Å². The van der Waals surface area contributed by atoms with E-state index in [-0.39, 0.29) is 11.2 Å². The number of hydrogen-bond donors (Lipinski definition) is 1. The van der Waals surface area contributed by atoms with Crippen LogP contribution in [0.15, 0.2) is 24.3 Å². The lowest BCUT2D eigenvalue weighted by Crippen LogP contribution is -2.50. The minimum atomic E-state index is -0.158. The van der Waals surface area contributed by atoms with Crippen LogP contribution in [0.2, 0.25) is 0 Å². The van der Waals surface area contributed by atoms with Crippen LogP contribution in [0.25, 0.3) is 0 Å². The highest BCUT2D eigenvalue weighted by Crippen LogP contribution is 2.39. The molecule has 1 aliphatic rings. The monoisotopic (exact) mass is 235 g/mol. The zero-order valence-electron chi connectivity index (χ0n) is 11.0. The highest BCUT2D eigenvalue weighted by Gasteiger charge is 2.38. The number of benzene rings is 1. The van der Waals surface area contributed by atoms with Gasteiger partial charge in [-0.05, 0) is 43.5 Å². The molecule has 1 saturated carbocycles. The molecule has 1 fully saturated rings. The third kappa shape index (κ3) is 2.37. The van der Waals surface area contributed by atoms with E-state index in [0.29, 0.717) is 6.04 Å². The van der Waals surface area contributed by atoms with Gasteiger partial charge in [0, 0.05) is 11.5 Å². The Labute approximate surface area is 103 Å². The molecule has 1 unspecified atom stereocenters. The average Bonchev–Trinajstić information content (AvgIpc) is 2.23. The van der Waals surface area contributed by atoms with Crippen molar-refractivity contribution in [3.8, 4) is 0 Å². The molecule has 0 spiro atoms. The van der Waals surface area contributed by atoms with Crippen molar-refractivity contribution in [2.24, 2.45) is 5.92 Å². The van der Waals surface area contributed by atoms with E-state index in [1.807, 2.05) is 19.2 Å². The summed E-state index contributed by atoms with van der Waals surface area (Å²) in [7, 11) is 2.04. The quantitative estimate of drug-likeness (QED) is 0.842. The van der Waals surface area contributed by atoms with Gasteiger partial charge in [-0.15, -0.1) is 0 Å². The Morgan fingerprint density at radius 1 is 1.24 bits per heavy atom. The van der Waals surface area contributed by atoms with E-state index in [1.54, 1.807) is 12.1 Å². The summed E-state index contributed by atoms with van der Waals surface area (Å²) in [4.78, 5) is 0. The van der Waals surface area contributed by atoms with Crippen molar-refractivity contribution in [3.05, 3.63) is 35.6 Å². The number of nitrogens with one attached hydrogen (secondary N) is 1. The summed E-state index contributed by atoms with van der Waals surface area (Å²) in [6.45, 7) is 4.50. The van der Waals surface area contributed by atoms with Gasteiger partial charge in [0.25, 0.3) is 0 Å². The zero-order valence-corrected chi connectivity index (χ0v) is 11.0. The smallest absolute Gasteiger partial charge is 0.123 e. The number of halogens is 1. The normalized spacial score (nSPS) is 18.8. The van der Waals surface area contributed by atoms with Gasteiger partial charge >= 0.3 is 0 Å². The molecule has 0 radical (unpaired) electrons. The molecule has 1 aliphatic carbocycles. The molecule has 0 heterocycles. The van der Waals surface area contributed by atoms with Gasteiger partial charge in [-0.2, -0.15) is 0 Å². The Morgan fingerprint density at radius 2 is 1.82 bits per heavy atom. The fraction of sp³-hybridized carbons (Fsp3) is 0.600. The first-order chi connectivity index (χ1) is 8.05. The number of likely N-dealkylation sites (N-methyl/N-ethyl adjacent to an activating group) is 1. The van der Waals surface area contributed by atoms with Gasteiger partial charge in [-0.25, -0.2) is 4.39 Å². The van der Waals surface area contributed by atoms with E-state index in [1.165, 1.54) is 24.8 Å². The summed E-state index contributed by atoms with van der Waals surface area (Å²) >= 11 is 0. The van der Waals surface area contributed by atoms with Gasteiger partial charge < -0.3 is 5.32 Å². The van der Waals surface area contributed by atoms with Crippen molar-refractivity contribution >= 4 is 0 Å². The van der Waals surface area contributed by atoms with E-state index in [2.05, 4.69) is 19.2 Å². The molecule has 1 aromatic carbocycles. The van der Waals surface area contributed by atoms with Crippen molar-refractivity contribution in [2.45, 2.75) is 44.6 Å². The molecule has 1 nitrogen and oxygen atoms in total. The third-order valence-electron chi connectivity index (χ3n) is 4.30. The molecule has 2 heteroatoms. The minimum Gasteiger partial charge on any atom is -0.316 e. The largest absolute Gasteiger partial charge is 0.316 e. The van der Waals surface area contributed by atoms with Crippen LogP contribution in [0, 0.1) is 11.7 Å². The molecule has 0 saturated heterocycles. The van der Waals surface area contributed by atoms with Crippen molar-refractivity contribution in [2.75, 3.05) is 7.05 Å². The Hall–Kier alpha value is -0.890. The van der Waals surface area contributed by atoms with Crippen molar-refractivity contribution in [1.82, 2.24) is 5.32 Å². The maximum atomic E-state index is 13.0. The highest BCUT2D eigenvalue weighted by atomic mass is 19.1. The Balaban J connectivity index is 2.23. The first-order valence-corrected chi connectivity index (χ1v) is 6.49. The Bertz CT molecular complexity index is 365. The Kier molecular flexibility index (Phi) is 3.53. The van der Waals surface area contributed by atoms with E-state index >= 15 is 0 Å². The van der Waals surface area contributed by atoms with Gasteiger partial charge in [0.2, 0.25) is 0 Å². The molecular formula is C15H22FN. The molecule has 0 aromatic heterocycles. The highest BCUT2D eigenvalue weighted by molar-refractivity contribution is 5.27. The lowest BCUT2D eigenvalue weighted by atomic mass is 9.66. The van der Waals surface area contributed by atoms with Crippen LogP contribution in [0.1, 0.15) is 38.7 Å². The Morgan fingerprint density at radius 3 is 2.24 bits per heavy atom. The second kappa shape index (κ2) is 4.77. The fourth-order valence-corrected chi connectivity index (χ4v) is 3.02. The summed E-state index contributed by atoms with van der Waals surface area (Å²) in [6, 6.07) is 7.42. The van der Waals surface area contributed by atoms with Crippen LogP contribution in [-0.2, 0) is 5.41 Å². The number of rotatable bonds is 4. The maximum Gasteiger partial charge on any atom is 0.123 e. The van der Waals surface area contributed by atoms with Crippen LogP contribution in [0.4, 0.5) is 4.39 Å². The molecule has 1 aromatic rings. The fourth-order valence-electron chi connectivity index (χ4n) is 3.02. The van der Waals surface area contributed by atoms with Crippen LogP contribution < -0.4 is 5.32 Å². The summed E-state index contributed by atoms with van der Waals surface area (Å²) < 4.78 is 13.0.